The Labute approximate surface area is 102 Å². The van der Waals surface area contributed by atoms with Gasteiger partial charge in [-0.15, -0.1) is 5.10 Å². The Balaban J connectivity index is 2.47. The van der Waals surface area contributed by atoms with Gasteiger partial charge in [0.2, 0.25) is 16.6 Å². The molecule has 0 aliphatic carbocycles. The standard InChI is InChI=1S/C10H11N5OS/c1-6(16)12-7-3-2-4-8(5-7)15-9(11)13-14-10(15)17/h2-5H,1H3,(H2,11,13)(H,12,16)(H,14,17). The number of nitrogens with two attached hydrogens (primary N) is 1. The Morgan fingerprint density at radius 1 is 1.59 bits per heavy atom. The van der Waals surface area contributed by atoms with Crippen molar-refractivity contribution < 1.29 is 4.79 Å². The molecule has 0 spiro atoms. The normalized spacial score (nSPS) is 10.2. The SMILES string of the molecule is CC(=O)Nc1cccc(-n2c(N)n[nH]c2=S)c1. The summed E-state index contributed by atoms with van der Waals surface area (Å²) in [5.41, 5.74) is 7.11. The third-order valence-electron chi connectivity index (χ3n) is 2.12. The van der Waals surface area contributed by atoms with Crippen molar-refractivity contribution in [2.24, 2.45) is 0 Å². The fraction of sp³-hybridized carbons (Fsp3) is 0.100. The van der Waals surface area contributed by atoms with E-state index in [1.165, 1.54) is 6.92 Å². The lowest BCUT2D eigenvalue weighted by atomic mass is 10.2. The molecule has 1 aromatic carbocycles. The molecule has 0 fully saturated rings. The van der Waals surface area contributed by atoms with Gasteiger partial charge in [0.25, 0.3) is 0 Å². The number of aromatic amines is 1. The number of carbonyl (C=O) groups is 1. The zero-order chi connectivity index (χ0) is 12.4. The topological polar surface area (TPSA) is 88.7 Å². The van der Waals surface area contributed by atoms with Crippen molar-refractivity contribution in [3.8, 4) is 5.69 Å². The smallest absolute Gasteiger partial charge is 0.225 e. The summed E-state index contributed by atoms with van der Waals surface area (Å²) in [6, 6.07) is 7.18. The fourth-order valence-corrected chi connectivity index (χ4v) is 1.73. The van der Waals surface area contributed by atoms with Crippen molar-refractivity contribution >= 4 is 29.8 Å². The number of benzene rings is 1. The Morgan fingerprint density at radius 2 is 2.35 bits per heavy atom. The molecule has 7 heteroatoms. The minimum atomic E-state index is -0.133. The van der Waals surface area contributed by atoms with E-state index in [1.807, 2.05) is 6.07 Å². The second-order valence-corrected chi connectivity index (χ2v) is 3.84. The van der Waals surface area contributed by atoms with Crippen LogP contribution in [0.5, 0.6) is 0 Å². The second kappa shape index (κ2) is 4.38. The number of nitrogens with zero attached hydrogens (tertiary/aromatic N) is 2. The lowest BCUT2D eigenvalue weighted by Crippen LogP contribution is -2.07. The summed E-state index contributed by atoms with van der Waals surface area (Å²) in [5.74, 6) is 0.140. The van der Waals surface area contributed by atoms with Gasteiger partial charge in [0.1, 0.15) is 0 Å². The molecule has 0 aliphatic rings. The van der Waals surface area contributed by atoms with Crippen LogP contribution in [0.15, 0.2) is 24.3 Å². The number of nitrogens with one attached hydrogen (secondary N) is 2. The van der Waals surface area contributed by atoms with E-state index in [0.29, 0.717) is 10.5 Å². The van der Waals surface area contributed by atoms with Gasteiger partial charge in [-0.05, 0) is 30.4 Å². The number of hydrogen-bond acceptors (Lipinski definition) is 4. The van der Waals surface area contributed by atoms with Gasteiger partial charge in [0, 0.05) is 12.6 Å². The van der Waals surface area contributed by atoms with E-state index in [-0.39, 0.29) is 11.9 Å². The lowest BCUT2D eigenvalue weighted by molar-refractivity contribution is -0.114. The van der Waals surface area contributed by atoms with Crippen LogP contribution in [0.1, 0.15) is 6.92 Å². The molecule has 6 nitrogen and oxygen atoms in total. The van der Waals surface area contributed by atoms with Gasteiger partial charge in [-0.1, -0.05) is 6.07 Å². The number of amides is 1. The van der Waals surface area contributed by atoms with Crippen LogP contribution in [0.3, 0.4) is 0 Å². The average Bonchev–Trinajstić information content (AvgIpc) is 2.58. The minimum absolute atomic E-state index is 0.133. The Hall–Kier alpha value is -2.15. The van der Waals surface area contributed by atoms with Crippen LogP contribution in [0.25, 0.3) is 5.69 Å². The lowest BCUT2D eigenvalue weighted by Gasteiger charge is -2.06. The number of anilines is 2. The summed E-state index contributed by atoms with van der Waals surface area (Å²) in [4.78, 5) is 11.0. The van der Waals surface area contributed by atoms with Crippen LogP contribution < -0.4 is 11.1 Å². The summed E-state index contributed by atoms with van der Waals surface area (Å²) < 4.78 is 1.99. The third-order valence-corrected chi connectivity index (χ3v) is 2.40. The summed E-state index contributed by atoms with van der Waals surface area (Å²) in [6.45, 7) is 1.45. The average molecular weight is 249 g/mol. The molecular formula is C10H11N5OS. The largest absolute Gasteiger partial charge is 0.368 e. The van der Waals surface area contributed by atoms with E-state index in [4.69, 9.17) is 18.0 Å². The predicted molar refractivity (Wildman–Crippen MR) is 67.5 cm³/mol. The molecule has 88 valence electrons. The van der Waals surface area contributed by atoms with Gasteiger partial charge in [0.05, 0.1) is 5.69 Å². The van der Waals surface area contributed by atoms with Crippen molar-refractivity contribution in [2.75, 3.05) is 11.1 Å². The molecule has 17 heavy (non-hydrogen) atoms. The van der Waals surface area contributed by atoms with Crippen molar-refractivity contribution in [1.82, 2.24) is 14.8 Å². The highest BCUT2D eigenvalue weighted by molar-refractivity contribution is 7.71. The molecule has 4 N–H and O–H groups in total. The van der Waals surface area contributed by atoms with Crippen LogP contribution >= 0.6 is 12.2 Å². The molecule has 1 heterocycles. The van der Waals surface area contributed by atoms with Gasteiger partial charge >= 0.3 is 0 Å². The van der Waals surface area contributed by atoms with Crippen molar-refractivity contribution in [1.29, 1.82) is 0 Å². The van der Waals surface area contributed by atoms with Crippen LogP contribution in [0.2, 0.25) is 0 Å². The van der Waals surface area contributed by atoms with Crippen molar-refractivity contribution in [3.05, 3.63) is 29.0 Å². The van der Waals surface area contributed by atoms with Gasteiger partial charge < -0.3 is 11.1 Å². The molecule has 0 unspecified atom stereocenters. The van der Waals surface area contributed by atoms with Gasteiger partial charge in [-0.25, -0.2) is 5.10 Å². The van der Waals surface area contributed by atoms with Crippen molar-refractivity contribution in [3.63, 3.8) is 0 Å². The monoisotopic (exact) mass is 249 g/mol. The molecule has 0 saturated heterocycles. The highest BCUT2D eigenvalue weighted by Crippen LogP contribution is 2.17. The molecule has 0 saturated carbocycles. The van der Waals surface area contributed by atoms with Crippen LogP contribution in [-0.2, 0) is 4.79 Å². The van der Waals surface area contributed by atoms with E-state index in [1.54, 1.807) is 22.8 Å². The first-order valence-corrected chi connectivity index (χ1v) is 5.29. The Kier molecular flexibility index (Phi) is 2.92. The number of aromatic nitrogens is 3. The third kappa shape index (κ3) is 2.34. The fourth-order valence-electron chi connectivity index (χ4n) is 1.48. The van der Waals surface area contributed by atoms with E-state index in [9.17, 15) is 4.79 Å². The Morgan fingerprint density at radius 3 is 2.94 bits per heavy atom. The summed E-state index contributed by atoms with van der Waals surface area (Å²) >= 11 is 5.06. The van der Waals surface area contributed by atoms with Crippen LogP contribution in [0.4, 0.5) is 11.6 Å². The first-order valence-electron chi connectivity index (χ1n) is 4.89. The van der Waals surface area contributed by atoms with E-state index in [2.05, 4.69) is 15.5 Å². The molecule has 1 amide bonds. The quantitative estimate of drug-likeness (QED) is 0.703. The summed E-state index contributed by atoms with van der Waals surface area (Å²) in [7, 11) is 0. The highest BCUT2D eigenvalue weighted by atomic mass is 32.1. The number of nitrogen functional groups attached to an aromatic ring is 1. The highest BCUT2D eigenvalue weighted by Gasteiger charge is 2.05. The van der Waals surface area contributed by atoms with Gasteiger partial charge in [-0.3, -0.25) is 9.36 Å². The molecule has 0 bridgehead atoms. The molecule has 0 radical (unpaired) electrons. The molecule has 2 rings (SSSR count). The minimum Gasteiger partial charge on any atom is -0.368 e. The van der Waals surface area contributed by atoms with Gasteiger partial charge in [0.15, 0.2) is 0 Å². The first kappa shape index (κ1) is 11.3. The number of carbonyl (C=O) groups excluding carboxylic acids is 1. The molecule has 2 aromatic rings. The maximum atomic E-state index is 11.0. The summed E-state index contributed by atoms with van der Waals surface area (Å²) in [6.07, 6.45) is 0. The molecular weight excluding hydrogens is 238 g/mol. The van der Waals surface area contributed by atoms with Crippen LogP contribution in [0, 0.1) is 4.77 Å². The maximum Gasteiger partial charge on any atom is 0.225 e. The molecule has 0 atom stereocenters. The van der Waals surface area contributed by atoms with Crippen LogP contribution in [-0.4, -0.2) is 20.7 Å². The molecule has 1 aromatic heterocycles. The van der Waals surface area contributed by atoms with E-state index in [0.717, 1.165) is 5.69 Å². The second-order valence-electron chi connectivity index (χ2n) is 3.45. The predicted octanol–water partition coefficient (Wildman–Crippen LogP) is 1.47. The zero-order valence-electron chi connectivity index (χ0n) is 9.10. The van der Waals surface area contributed by atoms with E-state index < -0.39 is 0 Å². The first-order chi connectivity index (χ1) is 8.08. The molecule has 0 aliphatic heterocycles. The summed E-state index contributed by atoms with van der Waals surface area (Å²) in [5, 5.41) is 9.11. The van der Waals surface area contributed by atoms with Crippen molar-refractivity contribution in [2.45, 2.75) is 6.92 Å². The number of rotatable bonds is 2. The number of hydrogen-bond donors (Lipinski definition) is 3. The Bertz CT molecular complexity index is 615. The number of H-pyrrole nitrogens is 1. The zero-order valence-corrected chi connectivity index (χ0v) is 9.91. The maximum absolute atomic E-state index is 11.0. The van der Waals surface area contributed by atoms with E-state index >= 15 is 0 Å². The van der Waals surface area contributed by atoms with Gasteiger partial charge in [-0.2, -0.15) is 0 Å².